The zero-order valence-corrected chi connectivity index (χ0v) is 22.4. The zero-order chi connectivity index (χ0) is 24.8. The van der Waals surface area contributed by atoms with Crippen LogP contribution in [0.4, 0.5) is 4.39 Å². The predicted octanol–water partition coefficient (Wildman–Crippen LogP) is 6.24. The van der Waals surface area contributed by atoms with Crippen molar-refractivity contribution in [2.24, 2.45) is 13.0 Å². The summed E-state index contributed by atoms with van der Waals surface area (Å²) < 4.78 is 16.0. The summed E-state index contributed by atoms with van der Waals surface area (Å²) in [6, 6.07) is 2.13. The van der Waals surface area contributed by atoms with Crippen LogP contribution in [0.25, 0.3) is 11.0 Å². The number of rotatable bonds is 7. The minimum Gasteiger partial charge on any atom is -0.337 e. The monoisotopic (exact) mass is 495 g/mol. The van der Waals surface area contributed by atoms with Crippen LogP contribution < -0.4 is 0 Å². The van der Waals surface area contributed by atoms with Gasteiger partial charge in [-0.2, -0.15) is 0 Å². The SMILES string of the molecule is Cc1cnc2c(c1)c(C(=O)N1CCC3(C1)S[C@H]3C)c(CCCCCCC#CC1CC(C)(F)C1)n2C. The van der Waals surface area contributed by atoms with Gasteiger partial charge in [0, 0.05) is 59.7 Å². The van der Waals surface area contributed by atoms with Crippen LogP contribution >= 0.6 is 11.8 Å². The molecule has 3 aliphatic rings. The molecule has 1 spiro atoms. The molecule has 4 nitrogen and oxygen atoms in total. The van der Waals surface area contributed by atoms with Gasteiger partial charge in [0.25, 0.3) is 5.91 Å². The van der Waals surface area contributed by atoms with Crippen LogP contribution in [0.3, 0.4) is 0 Å². The molecule has 0 N–H and O–H groups in total. The Morgan fingerprint density at radius 1 is 1.29 bits per heavy atom. The highest BCUT2D eigenvalue weighted by molar-refractivity contribution is 8.08. The standard InChI is InChI=1S/C29H38FN3OS/c1-20-15-23-25(27(34)33-14-13-29(19-33)21(2)35-29)24(32(4)26(23)31-18-20)12-10-8-6-5-7-9-11-22-16-28(3,30)17-22/h15,18,21-22H,5-8,10,12-14,16-17,19H2,1-4H3/t21-,22?,28?,29?/m0/s1. The Balaban J connectivity index is 1.20. The molecule has 3 fully saturated rings. The summed E-state index contributed by atoms with van der Waals surface area (Å²) in [4.78, 5) is 20.6. The van der Waals surface area contributed by atoms with Gasteiger partial charge in [-0.3, -0.25) is 4.79 Å². The molecule has 1 saturated carbocycles. The van der Waals surface area contributed by atoms with Crippen molar-refractivity contribution in [3.63, 3.8) is 0 Å². The molecule has 2 atom stereocenters. The number of thioether (sulfide) groups is 1. The minimum absolute atomic E-state index is 0.185. The fourth-order valence-corrected chi connectivity index (χ4v) is 7.29. The first-order valence-electron chi connectivity index (χ1n) is 13.3. The van der Waals surface area contributed by atoms with E-state index < -0.39 is 5.67 Å². The average molecular weight is 496 g/mol. The highest BCUT2D eigenvalue weighted by atomic mass is 32.2. The number of aryl methyl sites for hydroxylation is 2. The molecular formula is C29H38FN3OS. The second kappa shape index (κ2) is 9.47. The third kappa shape index (κ3) is 4.99. The zero-order valence-electron chi connectivity index (χ0n) is 21.6. The average Bonchev–Trinajstić information content (AvgIpc) is 3.11. The molecule has 35 heavy (non-hydrogen) atoms. The summed E-state index contributed by atoms with van der Waals surface area (Å²) in [6.45, 7) is 7.74. The first-order chi connectivity index (χ1) is 16.7. The summed E-state index contributed by atoms with van der Waals surface area (Å²) >= 11 is 2.03. The fraction of sp³-hybridized carbons (Fsp3) is 0.655. The number of hydrogen-bond donors (Lipinski definition) is 0. The normalized spacial score (nSPS) is 29.3. The number of likely N-dealkylation sites (tertiary alicyclic amines) is 1. The first-order valence-corrected chi connectivity index (χ1v) is 14.2. The van der Waals surface area contributed by atoms with Crippen LogP contribution in [0.1, 0.15) is 86.8 Å². The molecule has 188 valence electrons. The van der Waals surface area contributed by atoms with Gasteiger partial charge in [0.2, 0.25) is 0 Å². The van der Waals surface area contributed by atoms with Crippen molar-refractivity contribution in [3.8, 4) is 11.8 Å². The molecule has 2 aliphatic heterocycles. The number of alkyl halides is 1. The molecule has 0 aromatic carbocycles. The van der Waals surface area contributed by atoms with Crippen molar-refractivity contribution in [2.45, 2.75) is 94.2 Å². The number of carbonyl (C=O) groups excluding carboxylic acids is 1. The van der Waals surface area contributed by atoms with E-state index in [9.17, 15) is 9.18 Å². The fourth-order valence-electron chi connectivity index (χ4n) is 6.02. The number of unbranched alkanes of at least 4 members (excludes halogenated alkanes) is 4. The second-order valence-electron chi connectivity index (χ2n) is 11.3. The molecule has 5 rings (SSSR count). The highest BCUT2D eigenvalue weighted by Gasteiger charge is 2.57. The Kier molecular flexibility index (Phi) is 6.68. The Hall–Kier alpha value is -2.00. The third-order valence-electron chi connectivity index (χ3n) is 8.26. The van der Waals surface area contributed by atoms with E-state index in [1.165, 1.54) is 0 Å². The Morgan fingerprint density at radius 3 is 2.71 bits per heavy atom. The molecular weight excluding hydrogens is 457 g/mol. The van der Waals surface area contributed by atoms with Crippen molar-refractivity contribution in [1.29, 1.82) is 0 Å². The van der Waals surface area contributed by atoms with Crippen molar-refractivity contribution in [1.82, 2.24) is 14.5 Å². The molecule has 1 amide bonds. The van der Waals surface area contributed by atoms with E-state index in [-0.39, 0.29) is 11.8 Å². The van der Waals surface area contributed by atoms with Gasteiger partial charge in [0.1, 0.15) is 11.3 Å². The molecule has 2 saturated heterocycles. The number of hydrogen-bond acceptors (Lipinski definition) is 3. The van der Waals surface area contributed by atoms with Gasteiger partial charge in [0.15, 0.2) is 0 Å². The van der Waals surface area contributed by atoms with Gasteiger partial charge in [-0.05, 0) is 64.0 Å². The molecule has 2 aromatic heterocycles. The lowest BCUT2D eigenvalue weighted by molar-refractivity contribution is 0.0520. The number of pyridine rings is 1. The van der Waals surface area contributed by atoms with Crippen LogP contribution in [-0.4, -0.2) is 49.1 Å². The van der Waals surface area contributed by atoms with Gasteiger partial charge in [-0.1, -0.05) is 25.7 Å². The van der Waals surface area contributed by atoms with E-state index in [1.807, 2.05) is 24.9 Å². The molecule has 4 heterocycles. The summed E-state index contributed by atoms with van der Waals surface area (Å²) in [5, 5.41) is 1.67. The first kappa shape index (κ1) is 24.7. The third-order valence-corrected chi connectivity index (χ3v) is 9.97. The number of fused-ring (bicyclic) bond motifs is 1. The van der Waals surface area contributed by atoms with Gasteiger partial charge in [0.05, 0.1) is 5.56 Å². The summed E-state index contributed by atoms with van der Waals surface area (Å²) in [5.74, 6) is 6.94. The summed E-state index contributed by atoms with van der Waals surface area (Å²) in [7, 11) is 2.06. The summed E-state index contributed by atoms with van der Waals surface area (Å²) in [5.41, 5.74) is 3.01. The number of amides is 1. The topological polar surface area (TPSA) is 38.1 Å². The van der Waals surface area contributed by atoms with Crippen molar-refractivity contribution in [3.05, 3.63) is 29.1 Å². The highest BCUT2D eigenvalue weighted by Crippen LogP contribution is 2.58. The van der Waals surface area contributed by atoms with E-state index in [2.05, 4.69) is 46.3 Å². The number of nitrogens with zero attached hydrogens (tertiary/aromatic N) is 3. The van der Waals surface area contributed by atoms with Gasteiger partial charge in [-0.15, -0.1) is 17.7 Å². The van der Waals surface area contributed by atoms with Gasteiger partial charge < -0.3 is 9.47 Å². The minimum atomic E-state index is -0.985. The summed E-state index contributed by atoms with van der Waals surface area (Å²) in [6.07, 6.45) is 10.4. The van der Waals surface area contributed by atoms with Crippen LogP contribution in [0.5, 0.6) is 0 Å². The van der Waals surface area contributed by atoms with E-state index in [4.69, 9.17) is 0 Å². The molecule has 1 aliphatic carbocycles. The number of halogens is 1. The van der Waals surface area contributed by atoms with Gasteiger partial charge in [-0.25, -0.2) is 9.37 Å². The quantitative estimate of drug-likeness (QED) is 0.259. The Morgan fingerprint density at radius 2 is 2.03 bits per heavy atom. The number of carbonyl (C=O) groups is 1. The second-order valence-corrected chi connectivity index (χ2v) is 13.1. The molecule has 0 bridgehead atoms. The smallest absolute Gasteiger partial charge is 0.256 e. The lowest BCUT2D eigenvalue weighted by Gasteiger charge is -2.35. The van der Waals surface area contributed by atoms with E-state index >= 15 is 0 Å². The largest absolute Gasteiger partial charge is 0.337 e. The van der Waals surface area contributed by atoms with E-state index in [0.29, 0.717) is 22.8 Å². The Labute approximate surface area is 213 Å². The molecule has 6 heteroatoms. The van der Waals surface area contributed by atoms with Crippen LogP contribution in [0.2, 0.25) is 0 Å². The van der Waals surface area contributed by atoms with Crippen LogP contribution in [-0.2, 0) is 13.5 Å². The molecule has 2 aromatic rings. The van der Waals surface area contributed by atoms with Crippen LogP contribution in [0.15, 0.2) is 12.3 Å². The molecule has 0 radical (unpaired) electrons. The van der Waals surface area contributed by atoms with Crippen molar-refractivity contribution in [2.75, 3.05) is 13.1 Å². The van der Waals surface area contributed by atoms with E-state index in [0.717, 1.165) is 85.9 Å². The van der Waals surface area contributed by atoms with Gasteiger partial charge >= 0.3 is 0 Å². The maximum absolute atomic E-state index is 13.8. The van der Waals surface area contributed by atoms with Crippen LogP contribution in [0, 0.1) is 24.7 Å². The maximum Gasteiger partial charge on any atom is 0.256 e. The van der Waals surface area contributed by atoms with Crippen molar-refractivity contribution >= 4 is 28.7 Å². The van der Waals surface area contributed by atoms with Crippen molar-refractivity contribution < 1.29 is 9.18 Å². The lowest BCUT2D eigenvalue weighted by Crippen LogP contribution is -2.35. The predicted molar refractivity (Wildman–Crippen MR) is 143 cm³/mol. The maximum atomic E-state index is 13.8. The number of aromatic nitrogens is 2. The molecule has 1 unspecified atom stereocenters. The van der Waals surface area contributed by atoms with E-state index in [1.54, 1.807) is 6.92 Å². The Bertz CT molecular complexity index is 1180. The lowest BCUT2D eigenvalue weighted by atomic mass is 9.74.